The van der Waals surface area contributed by atoms with Crippen LogP contribution in [0.2, 0.25) is 0 Å². The molecule has 1 aromatic heterocycles. The summed E-state index contributed by atoms with van der Waals surface area (Å²) in [7, 11) is 0. The molecule has 0 saturated heterocycles. The van der Waals surface area contributed by atoms with Gasteiger partial charge in [-0.05, 0) is 30.2 Å². The number of para-hydroxylation sites is 2. The summed E-state index contributed by atoms with van der Waals surface area (Å²) in [5.74, 6) is -0.680. The smallest absolute Gasteiger partial charge is 0.339 e. The van der Waals surface area contributed by atoms with Gasteiger partial charge < -0.3 is 14.6 Å². The second-order valence-corrected chi connectivity index (χ2v) is 6.33. The van der Waals surface area contributed by atoms with E-state index in [9.17, 15) is 9.59 Å². The van der Waals surface area contributed by atoms with E-state index in [1.54, 1.807) is 12.1 Å². The Bertz CT molecular complexity index is 964. The van der Waals surface area contributed by atoms with E-state index in [1.165, 1.54) is 0 Å². The van der Waals surface area contributed by atoms with E-state index in [1.807, 2.05) is 42.7 Å². The molecule has 6 nitrogen and oxygen atoms in total. The zero-order valence-corrected chi connectivity index (χ0v) is 14.2. The molecule has 3 aromatic rings. The number of fused-ring (bicyclic) bond motifs is 2. The molecule has 4 rings (SSSR count). The highest BCUT2D eigenvalue weighted by molar-refractivity contribution is 5.95. The standard InChI is InChI=1S/C20H19N3O3/c24-19(18-12-14-6-1-2-7-15(14)20(25)26-18)21-10-5-11-23-13-22-16-8-3-4-9-17(16)23/h1-4,6-9,13,18H,5,10-12H2,(H,21,24). The number of benzene rings is 2. The Labute approximate surface area is 150 Å². The second kappa shape index (κ2) is 7.00. The molecule has 132 valence electrons. The minimum Gasteiger partial charge on any atom is -0.448 e. The minimum absolute atomic E-state index is 0.247. The van der Waals surface area contributed by atoms with Gasteiger partial charge in [-0.1, -0.05) is 30.3 Å². The van der Waals surface area contributed by atoms with E-state index in [-0.39, 0.29) is 5.91 Å². The summed E-state index contributed by atoms with van der Waals surface area (Å²) in [6.45, 7) is 1.27. The average Bonchev–Trinajstić information content (AvgIpc) is 3.08. The fourth-order valence-corrected chi connectivity index (χ4v) is 3.24. The minimum atomic E-state index is -0.758. The zero-order valence-electron chi connectivity index (χ0n) is 14.2. The molecule has 1 atom stereocenters. The fourth-order valence-electron chi connectivity index (χ4n) is 3.24. The van der Waals surface area contributed by atoms with Gasteiger partial charge >= 0.3 is 5.97 Å². The van der Waals surface area contributed by atoms with Crippen molar-refractivity contribution in [1.29, 1.82) is 0 Å². The van der Waals surface area contributed by atoms with Gasteiger partial charge in [-0.3, -0.25) is 4.79 Å². The Kier molecular flexibility index (Phi) is 4.39. The van der Waals surface area contributed by atoms with Gasteiger partial charge in [0.15, 0.2) is 6.10 Å². The van der Waals surface area contributed by atoms with E-state index in [0.717, 1.165) is 29.6 Å². The lowest BCUT2D eigenvalue weighted by atomic mass is 9.98. The highest BCUT2D eigenvalue weighted by atomic mass is 16.5. The number of cyclic esters (lactones) is 1. The van der Waals surface area contributed by atoms with Crippen LogP contribution >= 0.6 is 0 Å². The number of carbonyl (C=O) groups excluding carboxylic acids is 2. The van der Waals surface area contributed by atoms with E-state index < -0.39 is 12.1 Å². The Balaban J connectivity index is 1.30. The van der Waals surface area contributed by atoms with Gasteiger partial charge in [-0.25, -0.2) is 9.78 Å². The van der Waals surface area contributed by atoms with E-state index in [2.05, 4.69) is 14.9 Å². The summed E-state index contributed by atoms with van der Waals surface area (Å²) in [4.78, 5) is 28.7. The molecular formula is C20H19N3O3. The third kappa shape index (κ3) is 3.18. The van der Waals surface area contributed by atoms with Crippen molar-refractivity contribution in [1.82, 2.24) is 14.9 Å². The van der Waals surface area contributed by atoms with Crippen molar-refractivity contribution in [2.45, 2.75) is 25.5 Å². The van der Waals surface area contributed by atoms with Crippen LogP contribution in [0.3, 0.4) is 0 Å². The summed E-state index contributed by atoms with van der Waals surface area (Å²) in [6.07, 6.45) is 2.24. The van der Waals surface area contributed by atoms with Crippen LogP contribution in [0.25, 0.3) is 11.0 Å². The number of nitrogens with one attached hydrogen (secondary N) is 1. The first-order valence-electron chi connectivity index (χ1n) is 8.69. The van der Waals surface area contributed by atoms with Crippen molar-refractivity contribution >= 4 is 22.9 Å². The highest BCUT2D eigenvalue weighted by Gasteiger charge is 2.30. The van der Waals surface area contributed by atoms with Crippen LogP contribution in [-0.4, -0.2) is 34.1 Å². The van der Waals surface area contributed by atoms with Crippen molar-refractivity contribution in [3.8, 4) is 0 Å². The molecule has 0 bridgehead atoms. The van der Waals surface area contributed by atoms with Crippen LogP contribution in [0, 0.1) is 0 Å². The summed E-state index contributed by atoms with van der Waals surface area (Å²) >= 11 is 0. The summed E-state index contributed by atoms with van der Waals surface area (Å²) in [5, 5.41) is 2.86. The van der Waals surface area contributed by atoms with Crippen LogP contribution in [0.5, 0.6) is 0 Å². The maximum Gasteiger partial charge on any atom is 0.339 e. The van der Waals surface area contributed by atoms with Crippen LogP contribution in [0.1, 0.15) is 22.3 Å². The molecule has 1 unspecified atom stereocenters. The SMILES string of the molecule is O=C1OC(C(=O)NCCCn2cnc3ccccc32)Cc2ccccc21. The van der Waals surface area contributed by atoms with Crippen LogP contribution < -0.4 is 5.32 Å². The van der Waals surface area contributed by atoms with Crippen molar-refractivity contribution in [3.05, 3.63) is 66.0 Å². The molecule has 0 aliphatic carbocycles. The normalized spacial score (nSPS) is 16.2. The number of ether oxygens (including phenoxy) is 1. The first-order chi connectivity index (χ1) is 12.7. The quantitative estimate of drug-likeness (QED) is 0.567. The number of hydrogen-bond acceptors (Lipinski definition) is 4. The maximum atomic E-state index is 12.3. The zero-order chi connectivity index (χ0) is 17.9. The highest BCUT2D eigenvalue weighted by Crippen LogP contribution is 2.20. The predicted octanol–water partition coefficient (Wildman–Crippen LogP) is 2.32. The second-order valence-electron chi connectivity index (χ2n) is 6.33. The third-order valence-electron chi connectivity index (χ3n) is 4.59. The summed E-state index contributed by atoms with van der Waals surface area (Å²) in [5.41, 5.74) is 3.44. The lowest BCUT2D eigenvalue weighted by molar-refractivity contribution is -0.130. The van der Waals surface area contributed by atoms with Crippen LogP contribution in [0.4, 0.5) is 0 Å². The van der Waals surface area contributed by atoms with Crippen LogP contribution in [-0.2, 0) is 22.5 Å². The molecule has 0 fully saturated rings. The van der Waals surface area contributed by atoms with E-state index in [4.69, 9.17) is 4.74 Å². The molecule has 0 saturated carbocycles. The predicted molar refractivity (Wildman–Crippen MR) is 96.7 cm³/mol. The topological polar surface area (TPSA) is 73.2 Å². The lowest BCUT2D eigenvalue weighted by Crippen LogP contribution is -2.42. The van der Waals surface area contributed by atoms with Crippen molar-refractivity contribution in [2.75, 3.05) is 6.54 Å². The monoisotopic (exact) mass is 349 g/mol. The number of nitrogens with zero attached hydrogens (tertiary/aromatic N) is 2. The van der Waals surface area contributed by atoms with Gasteiger partial charge in [0.2, 0.25) is 0 Å². The van der Waals surface area contributed by atoms with Gasteiger partial charge in [0, 0.05) is 19.5 Å². The first kappa shape index (κ1) is 16.3. The molecule has 0 radical (unpaired) electrons. The number of imidazole rings is 1. The van der Waals surface area contributed by atoms with Crippen molar-refractivity contribution < 1.29 is 14.3 Å². The summed E-state index contributed by atoms with van der Waals surface area (Å²) in [6, 6.07) is 15.2. The number of esters is 1. The van der Waals surface area contributed by atoms with Gasteiger partial charge in [0.1, 0.15) is 0 Å². The number of aromatic nitrogens is 2. The first-order valence-corrected chi connectivity index (χ1v) is 8.69. The Hall–Kier alpha value is -3.15. The molecule has 26 heavy (non-hydrogen) atoms. The number of carbonyl (C=O) groups is 2. The summed E-state index contributed by atoms with van der Waals surface area (Å²) < 4.78 is 7.34. The van der Waals surface area contributed by atoms with Gasteiger partial charge in [-0.15, -0.1) is 0 Å². The molecule has 0 spiro atoms. The molecule has 6 heteroatoms. The van der Waals surface area contributed by atoms with Crippen molar-refractivity contribution in [3.63, 3.8) is 0 Å². The number of hydrogen-bond donors (Lipinski definition) is 1. The molecular weight excluding hydrogens is 330 g/mol. The maximum absolute atomic E-state index is 12.3. The number of aryl methyl sites for hydroxylation is 1. The average molecular weight is 349 g/mol. The van der Waals surface area contributed by atoms with Gasteiger partial charge in [-0.2, -0.15) is 0 Å². The molecule has 2 aromatic carbocycles. The number of amides is 1. The molecule has 1 aliphatic heterocycles. The van der Waals surface area contributed by atoms with E-state index in [0.29, 0.717) is 18.5 Å². The Morgan fingerprint density at radius 2 is 2.00 bits per heavy atom. The third-order valence-corrected chi connectivity index (χ3v) is 4.59. The number of rotatable bonds is 5. The Morgan fingerprint density at radius 3 is 2.92 bits per heavy atom. The Morgan fingerprint density at radius 1 is 1.19 bits per heavy atom. The van der Waals surface area contributed by atoms with Crippen molar-refractivity contribution in [2.24, 2.45) is 0 Å². The molecule has 1 amide bonds. The van der Waals surface area contributed by atoms with E-state index >= 15 is 0 Å². The molecule has 2 heterocycles. The van der Waals surface area contributed by atoms with Crippen LogP contribution in [0.15, 0.2) is 54.9 Å². The lowest BCUT2D eigenvalue weighted by Gasteiger charge is -2.23. The van der Waals surface area contributed by atoms with Gasteiger partial charge in [0.05, 0.1) is 22.9 Å². The largest absolute Gasteiger partial charge is 0.448 e. The fraction of sp³-hybridized carbons (Fsp3) is 0.250. The molecule has 1 N–H and O–H groups in total. The van der Waals surface area contributed by atoms with Gasteiger partial charge in [0.25, 0.3) is 5.91 Å². The molecule has 1 aliphatic rings.